The Labute approximate surface area is 121 Å². The van der Waals surface area contributed by atoms with Crippen LogP contribution in [0.4, 0.5) is 10.1 Å². The monoisotopic (exact) mass is 296 g/mol. The van der Waals surface area contributed by atoms with Crippen LogP contribution >= 0.6 is 11.8 Å². The summed E-state index contributed by atoms with van der Waals surface area (Å²) in [7, 11) is 1.62. The molecule has 2 amide bonds. The quantitative estimate of drug-likeness (QED) is 0.850. The average molecular weight is 296 g/mol. The van der Waals surface area contributed by atoms with E-state index >= 15 is 0 Å². The summed E-state index contributed by atoms with van der Waals surface area (Å²) < 4.78 is 13.8. The van der Waals surface area contributed by atoms with Crippen LogP contribution < -0.4 is 5.32 Å². The number of carbonyl (C=O) groups excluding carboxylic acids is 2. The molecule has 1 aliphatic heterocycles. The Hall–Kier alpha value is -1.56. The van der Waals surface area contributed by atoms with Crippen molar-refractivity contribution in [3.63, 3.8) is 0 Å². The summed E-state index contributed by atoms with van der Waals surface area (Å²) >= 11 is 1.76. The lowest BCUT2D eigenvalue weighted by molar-refractivity contribution is -0.143. The van der Waals surface area contributed by atoms with Crippen LogP contribution in [0.3, 0.4) is 0 Å². The third-order valence-electron chi connectivity index (χ3n) is 3.41. The predicted octanol–water partition coefficient (Wildman–Crippen LogP) is 2.04. The average Bonchev–Trinajstić information content (AvgIpc) is 2.96. The Kier molecular flexibility index (Phi) is 4.65. The maximum atomic E-state index is 13.8. The lowest BCUT2D eigenvalue weighted by Crippen LogP contribution is -2.43. The Morgan fingerprint density at radius 3 is 2.85 bits per heavy atom. The van der Waals surface area contributed by atoms with Gasteiger partial charge in [0.2, 0.25) is 0 Å². The third-order valence-corrected chi connectivity index (χ3v) is 4.55. The van der Waals surface area contributed by atoms with Gasteiger partial charge in [0.25, 0.3) is 0 Å². The number of benzene rings is 1. The Morgan fingerprint density at radius 1 is 1.45 bits per heavy atom. The first kappa shape index (κ1) is 14.8. The molecule has 0 unspecified atom stereocenters. The fourth-order valence-electron chi connectivity index (χ4n) is 2.07. The van der Waals surface area contributed by atoms with Crippen LogP contribution in [-0.2, 0) is 9.59 Å². The van der Waals surface area contributed by atoms with E-state index in [1.165, 1.54) is 11.0 Å². The van der Waals surface area contributed by atoms with Crippen molar-refractivity contribution in [3.8, 4) is 0 Å². The van der Waals surface area contributed by atoms with Crippen LogP contribution in [0, 0.1) is 12.7 Å². The highest BCUT2D eigenvalue weighted by molar-refractivity contribution is 7.99. The number of rotatable bonds is 2. The molecule has 0 aliphatic carbocycles. The molecule has 1 saturated heterocycles. The summed E-state index contributed by atoms with van der Waals surface area (Å²) in [6.07, 6.45) is 0.888. The molecule has 0 bridgehead atoms. The van der Waals surface area contributed by atoms with E-state index in [0.29, 0.717) is 5.56 Å². The van der Waals surface area contributed by atoms with E-state index in [0.717, 1.165) is 17.9 Å². The molecule has 0 saturated carbocycles. The second kappa shape index (κ2) is 6.26. The Morgan fingerprint density at radius 2 is 2.20 bits per heavy atom. The van der Waals surface area contributed by atoms with Crippen LogP contribution in [-0.4, -0.2) is 41.3 Å². The van der Waals surface area contributed by atoms with Gasteiger partial charge in [0.15, 0.2) is 0 Å². The van der Waals surface area contributed by atoms with Crippen molar-refractivity contribution in [2.45, 2.75) is 19.4 Å². The zero-order chi connectivity index (χ0) is 14.7. The molecule has 1 heterocycles. The van der Waals surface area contributed by atoms with E-state index in [1.54, 1.807) is 37.9 Å². The highest BCUT2D eigenvalue weighted by Crippen LogP contribution is 2.22. The first-order valence-electron chi connectivity index (χ1n) is 6.41. The largest absolute Gasteiger partial charge is 0.334 e. The molecule has 2 rings (SSSR count). The molecule has 1 atom stereocenters. The van der Waals surface area contributed by atoms with Crippen molar-refractivity contribution in [1.82, 2.24) is 4.90 Å². The van der Waals surface area contributed by atoms with Gasteiger partial charge >= 0.3 is 11.8 Å². The molecular weight excluding hydrogens is 279 g/mol. The van der Waals surface area contributed by atoms with E-state index in [4.69, 9.17) is 0 Å². The fraction of sp³-hybridized carbons (Fsp3) is 0.429. The third kappa shape index (κ3) is 3.12. The van der Waals surface area contributed by atoms with Gasteiger partial charge in [0, 0.05) is 18.8 Å². The van der Waals surface area contributed by atoms with Crippen LogP contribution in [0.5, 0.6) is 0 Å². The van der Waals surface area contributed by atoms with Crippen molar-refractivity contribution in [2.75, 3.05) is 23.9 Å². The smallest absolute Gasteiger partial charge is 0.313 e. The van der Waals surface area contributed by atoms with Gasteiger partial charge < -0.3 is 10.2 Å². The van der Waals surface area contributed by atoms with Gasteiger partial charge in [-0.3, -0.25) is 9.59 Å². The molecule has 1 N–H and O–H groups in total. The van der Waals surface area contributed by atoms with Gasteiger partial charge in [-0.15, -0.1) is 0 Å². The summed E-state index contributed by atoms with van der Waals surface area (Å²) in [5, 5.41) is 2.34. The lowest BCUT2D eigenvalue weighted by Gasteiger charge is -2.23. The second-order valence-corrected chi connectivity index (χ2v) is 5.97. The normalized spacial score (nSPS) is 17.9. The number of hydrogen-bond donors (Lipinski definition) is 1. The summed E-state index contributed by atoms with van der Waals surface area (Å²) in [6, 6.07) is 4.77. The molecule has 6 heteroatoms. The molecule has 1 fully saturated rings. The number of amides is 2. The van der Waals surface area contributed by atoms with E-state index in [2.05, 4.69) is 5.32 Å². The van der Waals surface area contributed by atoms with Crippen molar-refractivity contribution < 1.29 is 14.0 Å². The summed E-state index contributed by atoms with van der Waals surface area (Å²) in [4.78, 5) is 25.4. The molecule has 1 aromatic carbocycles. The highest BCUT2D eigenvalue weighted by atomic mass is 32.2. The Balaban J connectivity index is 2.04. The number of anilines is 1. The molecule has 0 radical (unpaired) electrons. The predicted molar refractivity (Wildman–Crippen MR) is 78.3 cm³/mol. The minimum Gasteiger partial charge on any atom is -0.334 e. The van der Waals surface area contributed by atoms with Gasteiger partial charge in [-0.1, -0.05) is 12.1 Å². The Bertz CT molecular complexity index is 530. The number of likely N-dealkylation sites (N-methyl/N-ethyl adjacent to an activating group) is 1. The van der Waals surface area contributed by atoms with Crippen molar-refractivity contribution >= 4 is 29.3 Å². The van der Waals surface area contributed by atoms with Gasteiger partial charge in [0.05, 0.1) is 5.69 Å². The molecule has 0 aromatic heterocycles. The molecule has 1 aromatic rings. The number of carbonyl (C=O) groups is 2. The van der Waals surface area contributed by atoms with Gasteiger partial charge in [-0.25, -0.2) is 4.39 Å². The summed E-state index contributed by atoms with van der Waals surface area (Å²) in [5.74, 6) is -0.0925. The van der Waals surface area contributed by atoms with Gasteiger partial charge in [-0.05, 0) is 30.7 Å². The van der Waals surface area contributed by atoms with Crippen molar-refractivity contribution in [1.29, 1.82) is 0 Å². The first-order valence-corrected chi connectivity index (χ1v) is 7.57. The topological polar surface area (TPSA) is 49.4 Å². The molecule has 0 spiro atoms. The SMILES string of the molecule is Cc1cccc(NC(=O)C(=O)N(C)[C@@H]2CCSC2)c1F. The number of nitrogens with zero attached hydrogens (tertiary/aromatic N) is 1. The summed E-state index contributed by atoms with van der Waals surface area (Å²) in [6.45, 7) is 1.61. The number of halogens is 1. The number of thioether (sulfide) groups is 1. The van der Waals surface area contributed by atoms with E-state index in [1.807, 2.05) is 0 Å². The van der Waals surface area contributed by atoms with E-state index in [9.17, 15) is 14.0 Å². The molecular formula is C14H17FN2O2S. The van der Waals surface area contributed by atoms with E-state index in [-0.39, 0.29) is 11.7 Å². The maximum absolute atomic E-state index is 13.8. The number of aryl methyl sites for hydroxylation is 1. The second-order valence-electron chi connectivity index (χ2n) is 4.82. The van der Waals surface area contributed by atoms with Crippen LogP contribution in [0.15, 0.2) is 18.2 Å². The van der Waals surface area contributed by atoms with Crippen LogP contribution in [0.2, 0.25) is 0 Å². The first-order chi connectivity index (χ1) is 9.50. The molecule has 4 nitrogen and oxygen atoms in total. The lowest BCUT2D eigenvalue weighted by atomic mass is 10.2. The highest BCUT2D eigenvalue weighted by Gasteiger charge is 2.28. The zero-order valence-corrected chi connectivity index (χ0v) is 12.3. The van der Waals surface area contributed by atoms with Crippen LogP contribution in [0.1, 0.15) is 12.0 Å². The molecule has 20 heavy (non-hydrogen) atoms. The van der Waals surface area contributed by atoms with Gasteiger partial charge in [-0.2, -0.15) is 11.8 Å². The fourth-order valence-corrected chi connectivity index (χ4v) is 3.34. The number of hydrogen-bond acceptors (Lipinski definition) is 3. The maximum Gasteiger partial charge on any atom is 0.313 e. The van der Waals surface area contributed by atoms with Crippen molar-refractivity contribution in [3.05, 3.63) is 29.6 Å². The summed E-state index contributed by atoms with van der Waals surface area (Å²) in [5.41, 5.74) is 0.466. The number of nitrogens with one attached hydrogen (secondary N) is 1. The zero-order valence-electron chi connectivity index (χ0n) is 11.5. The van der Waals surface area contributed by atoms with Gasteiger partial charge in [0.1, 0.15) is 5.82 Å². The minimum atomic E-state index is -0.797. The van der Waals surface area contributed by atoms with Crippen LogP contribution in [0.25, 0.3) is 0 Å². The molecule has 108 valence electrons. The van der Waals surface area contributed by atoms with E-state index < -0.39 is 17.6 Å². The standard InChI is InChI=1S/C14H17FN2O2S/c1-9-4-3-5-11(12(9)15)16-13(18)14(19)17(2)10-6-7-20-8-10/h3-5,10H,6-8H2,1-2H3,(H,16,18)/t10-/m1/s1. The minimum absolute atomic E-state index is 0.0394. The van der Waals surface area contributed by atoms with Crippen molar-refractivity contribution in [2.24, 2.45) is 0 Å². The molecule has 1 aliphatic rings.